The zero-order valence-corrected chi connectivity index (χ0v) is 12.0. The Kier molecular flexibility index (Phi) is 3.38. The number of hydrogen-bond acceptors (Lipinski definition) is 7. The first-order valence-electron chi connectivity index (χ1n) is 6.59. The number of aromatic amines is 1. The first-order chi connectivity index (χ1) is 11.0. The van der Waals surface area contributed by atoms with Gasteiger partial charge in [-0.25, -0.2) is 4.79 Å². The molecule has 3 rings (SSSR count). The standard InChI is InChI=1S/C15H10N4O4/c1-7-11(5-16)13(20)17-14(21)12(7)19-18-9-2-3-10-8(4-9)6-23-15(10)22/h2-4H,6H2,1H3,(H2,17,20,21). The highest BCUT2D eigenvalue weighted by Gasteiger charge is 2.21. The molecular formula is C15H10N4O4. The van der Waals surface area contributed by atoms with E-state index in [0.29, 0.717) is 16.8 Å². The number of benzene rings is 1. The second-order valence-electron chi connectivity index (χ2n) is 4.88. The molecule has 8 nitrogen and oxygen atoms in total. The normalized spacial score (nSPS) is 13.0. The number of esters is 1. The molecule has 0 saturated heterocycles. The van der Waals surface area contributed by atoms with Crippen LogP contribution in [0, 0.1) is 18.3 Å². The van der Waals surface area contributed by atoms with Gasteiger partial charge in [0.15, 0.2) is 5.69 Å². The number of pyridine rings is 1. The van der Waals surface area contributed by atoms with Crippen LogP contribution in [-0.2, 0) is 11.3 Å². The molecule has 1 aromatic heterocycles. The van der Waals surface area contributed by atoms with Crippen molar-refractivity contribution in [3.8, 4) is 11.9 Å². The van der Waals surface area contributed by atoms with Gasteiger partial charge in [-0.05, 0) is 25.1 Å². The van der Waals surface area contributed by atoms with E-state index in [1.54, 1.807) is 24.3 Å². The summed E-state index contributed by atoms with van der Waals surface area (Å²) in [7, 11) is 0. The maximum Gasteiger partial charge on any atom is 0.338 e. The first kappa shape index (κ1) is 14.5. The lowest BCUT2D eigenvalue weighted by atomic mass is 10.1. The lowest BCUT2D eigenvalue weighted by molar-refractivity contribution is 0.0535. The fourth-order valence-electron chi connectivity index (χ4n) is 2.24. The van der Waals surface area contributed by atoms with Crippen LogP contribution in [0.2, 0.25) is 0 Å². The molecule has 1 aromatic carbocycles. The molecule has 0 radical (unpaired) electrons. The third-order valence-electron chi connectivity index (χ3n) is 3.46. The van der Waals surface area contributed by atoms with Crippen molar-refractivity contribution in [3.05, 3.63) is 50.8 Å². The Hall–Kier alpha value is -3.47. The van der Waals surface area contributed by atoms with Gasteiger partial charge in [0.1, 0.15) is 18.2 Å². The number of azo groups is 1. The van der Waals surface area contributed by atoms with Gasteiger partial charge in [0.25, 0.3) is 5.56 Å². The summed E-state index contributed by atoms with van der Waals surface area (Å²) in [5.74, 6) is -0.880. The number of nitriles is 1. The van der Waals surface area contributed by atoms with E-state index in [9.17, 15) is 14.7 Å². The summed E-state index contributed by atoms with van der Waals surface area (Å²) in [5, 5.41) is 26.3. The van der Waals surface area contributed by atoms with Crippen LogP contribution in [0.15, 0.2) is 33.2 Å². The number of aromatic nitrogens is 1. The van der Waals surface area contributed by atoms with Crippen LogP contribution in [0.3, 0.4) is 0 Å². The molecule has 0 amide bonds. The van der Waals surface area contributed by atoms with E-state index in [1.807, 2.05) is 0 Å². The highest BCUT2D eigenvalue weighted by atomic mass is 16.5. The molecule has 0 fully saturated rings. The summed E-state index contributed by atoms with van der Waals surface area (Å²) in [6.45, 7) is 1.67. The van der Waals surface area contributed by atoms with Crippen LogP contribution in [0.4, 0.5) is 11.4 Å². The van der Waals surface area contributed by atoms with E-state index >= 15 is 0 Å². The lowest BCUT2D eigenvalue weighted by Crippen LogP contribution is -2.08. The van der Waals surface area contributed by atoms with E-state index in [4.69, 9.17) is 10.00 Å². The third-order valence-corrected chi connectivity index (χ3v) is 3.46. The zero-order chi connectivity index (χ0) is 16.6. The minimum atomic E-state index is -0.651. The Morgan fingerprint density at radius 3 is 2.87 bits per heavy atom. The number of aromatic hydroxyl groups is 1. The molecule has 8 heteroatoms. The van der Waals surface area contributed by atoms with E-state index in [2.05, 4.69) is 15.2 Å². The van der Waals surface area contributed by atoms with Crippen LogP contribution in [-0.4, -0.2) is 16.1 Å². The van der Waals surface area contributed by atoms with Crippen molar-refractivity contribution in [1.29, 1.82) is 5.26 Å². The van der Waals surface area contributed by atoms with Crippen molar-refractivity contribution in [2.45, 2.75) is 13.5 Å². The van der Waals surface area contributed by atoms with Crippen LogP contribution < -0.4 is 5.56 Å². The van der Waals surface area contributed by atoms with Gasteiger partial charge in [-0.15, -0.1) is 5.11 Å². The molecular weight excluding hydrogens is 300 g/mol. The number of nitrogens with one attached hydrogen (secondary N) is 1. The number of cyclic esters (lactones) is 1. The molecule has 2 heterocycles. The quantitative estimate of drug-likeness (QED) is 0.650. The maximum atomic E-state index is 11.8. The Morgan fingerprint density at radius 1 is 1.35 bits per heavy atom. The van der Waals surface area contributed by atoms with Crippen molar-refractivity contribution in [2.75, 3.05) is 0 Å². The number of rotatable bonds is 2. The van der Waals surface area contributed by atoms with Gasteiger partial charge < -0.3 is 9.84 Å². The topological polar surface area (TPSA) is 128 Å². The molecule has 1 aliphatic rings. The predicted octanol–water partition coefficient (Wildman–Crippen LogP) is 2.35. The molecule has 23 heavy (non-hydrogen) atoms. The van der Waals surface area contributed by atoms with Gasteiger partial charge in [-0.3, -0.25) is 9.78 Å². The minimum absolute atomic E-state index is 0.0628. The summed E-state index contributed by atoms with van der Waals surface area (Å²) in [5.41, 5.74) is 1.07. The van der Waals surface area contributed by atoms with Crippen LogP contribution >= 0.6 is 0 Å². The van der Waals surface area contributed by atoms with Gasteiger partial charge in [0, 0.05) is 11.1 Å². The number of fused-ring (bicyclic) bond motifs is 1. The fraction of sp³-hybridized carbons (Fsp3) is 0.133. The van der Waals surface area contributed by atoms with Gasteiger partial charge >= 0.3 is 5.97 Å². The second-order valence-corrected chi connectivity index (χ2v) is 4.88. The average Bonchev–Trinajstić information content (AvgIpc) is 2.88. The molecule has 0 atom stereocenters. The zero-order valence-electron chi connectivity index (χ0n) is 12.0. The molecule has 0 saturated carbocycles. The Labute approximate surface area is 129 Å². The number of hydrogen-bond donors (Lipinski definition) is 2. The highest BCUT2D eigenvalue weighted by Crippen LogP contribution is 2.27. The predicted molar refractivity (Wildman–Crippen MR) is 77.9 cm³/mol. The summed E-state index contributed by atoms with van der Waals surface area (Å²) in [6.07, 6.45) is 0. The fourth-order valence-corrected chi connectivity index (χ4v) is 2.24. The molecule has 0 unspecified atom stereocenters. The van der Waals surface area contributed by atoms with E-state index < -0.39 is 11.4 Å². The van der Waals surface area contributed by atoms with Gasteiger partial charge in [0.05, 0.1) is 11.3 Å². The number of nitrogens with zero attached hydrogens (tertiary/aromatic N) is 3. The molecule has 114 valence electrons. The summed E-state index contributed by atoms with van der Waals surface area (Å²) >= 11 is 0. The Balaban J connectivity index is 2.00. The monoisotopic (exact) mass is 310 g/mol. The molecule has 2 N–H and O–H groups in total. The molecule has 0 aliphatic carbocycles. The Bertz CT molecular complexity index is 953. The van der Waals surface area contributed by atoms with Crippen LogP contribution in [0.5, 0.6) is 5.88 Å². The van der Waals surface area contributed by atoms with Crippen molar-refractivity contribution in [3.63, 3.8) is 0 Å². The van der Waals surface area contributed by atoms with E-state index in [1.165, 1.54) is 6.92 Å². The number of H-pyrrole nitrogens is 1. The first-order valence-corrected chi connectivity index (χ1v) is 6.59. The highest BCUT2D eigenvalue weighted by molar-refractivity contribution is 5.93. The van der Waals surface area contributed by atoms with Gasteiger partial charge in [-0.1, -0.05) is 0 Å². The summed E-state index contributed by atoms with van der Waals surface area (Å²) in [4.78, 5) is 25.4. The maximum absolute atomic E-state index is 11.8. The SMILES string of the molecule is Cc1c(C#N)c(O)[nH]c(=O)c1N=Nc1ccc2c(c1)COC2=O. The molecule has 0 spiro atoms. The third kappa shape index (κ3) is 2.44. The smallest absolute Gasteiger partial charge is 0.338 e. The summed E-state index contributed by atoms with van der Waals surface area (Å²) in [6, 6.07) is 6.58. The summed E-state index contributed by atoms with van der Waals surface area (Å²) < 4.78 is 4.89. The van der Waals surface area contributed by atoms with Crippen LogP contribution in [0.1, 0.15) is 27.0 Å². The second kappa shape index (κ2) is 5.38. The van der Waals surface area contributed by atoms with Crippen molar-refractivity contribution in [1.82, 2.24) is 4.98 Å². The van der Waals surface area contributed by atoms with Crippen molar-refractivity contribution in [2.24, 2.45) is 10.2 Å². The number of carbonyl (C=O) groups excluding carboxylic acids is 1. The van der Waals surface area contributed by atoms with Gasteiger partial charge in [0.2, 0.25) is 5.88 Å². The molecule has 0 bridgehead atoms. The van der Waals surface area contributed by atoms with Crippen LogP contribution in [0.25, 0.3) is 0 Å². The van der Waals surface area contributed by atoms with Crippen molar-refractivity contribution >= 4 is 17.3 Å². The lowest BCUT2D eigenvalue weighted by Gasteiger charge is -2.02. The number of carbonyl (C=O) groups is 1. The molecule has 1 aliphatic heterocycles. The van der Waals surface area contributed by atoms with Gasteiger partial charge in [-0.2, -0.15) is 10.4 Å². The Morgan fingerprint density at radius 2 is 2.13 bits per heavy atom. The minimum Gasteiger partial charge on any atom is -0.494 e. The molecule has 2 aromatic rings. The number of ether oxygens (including phenoxy) is 1. The average molecular weight is 310 g/mol. The van der Waals surface area contributed by atoms with E-state index in [0.717, 1.165) is 0 Å². The van der Waals surface area contributed by atoms with E-state index in [-0.39, 0.29) is 29.4 Å². The largest absolute Gasteiger partial charge is 0.494 e. The van der Waals surface area contributed by atoms with Crippen molar-refractivity contribution < 1.29 is 14.6 Å².